The van der Waals surface area contributed by atoms with Gasteiger partial charge in [0.15, 0.2) is 0 Å². The van der Waals surface area contributed by atoms with Crippen LogP contribution < -0.4 is 5.32 Å². The molecule has 0 saturated heterocycles. The fourth-order valence-electron chi connectivity index (χ4n) is 2.26. The molecule has 0 spiro atoms. The van der Waals surface area contributed by atoms with Gasteiger partial charge in [0.1, 0.15) is 0 Å². The highest BCUT2D eigenvalue weighted by Crippen LogP contribution is 2.30. The lowest BCUT2D eigenvalue weighted by molar-refractivity contribution is -0.124. The van der Waals surface area contributed by atoms with E-state index < -0.39 is 5.60 Å². The van der Waals surface area contributed by atoms with E-state index in [-0.39, 0.29) is 11.8 Å². The molecule has 1 aromatic carbocycles. The summed E-state index contributed by atoms with van der Waals surface area (Å²) < 4.78 is 0. The Morgan fingerprint density at radius 2 is 2.22 bits per heavy atom. The average Bonchev–Trinajstić information content (AvgIpc) is 2.32. The van der Waals surface area contributed by atoms with Gasteiger partial charge in [-0.25, -0.2) is 0 Å². The first kappa shape index (κ1) is 13.1. The molecule has 1 fully saturated rings. The second-order valence-electron chi connectivity index (χ2n) is 5.43. The zero-order chi connectivity index (χ0) is 13.2. The highest BCUT2D eigenvalue weighted by molar-refractivity contribution is 5.83. The van der Waals surface area contributed by atoms with E-state index in [1.54, 1.807) is 0 Å². The van der Waals surface area contributed by atoms with Crippen LogP contribution in [0.2, 0.25) is 0 Å². The molecule has 2 rings (SSSR count). The number of benzene rings is 1. The number of hydrogen-bond donors (Lipinski definition) is 2. The van der Waals surface area contributed by atoms with Gasteiger partial charge >= 0.3 is 0 Å². The third-order valence-electron chi connectivity index (χ3n) is 3.81. The van der Waals surface area contributed by atoms with E-state index in [2.05, 4.69) is 5.32 Å². The predicted molar refractivity (Wildman–Crippen MR) is 71.4 cm³/mol. The monoisotopic (exact) mass is 247 g/mol. The van der Waals surface area contributed by atoms with Gasteiger partial charge in [0.05, 0.1) is 11.5 Å². The Kier molecular flexibility index (Phi) is 3.71. The third kappa shape index (κ3) is 2.91. The summed E-state index contributed by atoms with van der Waals surface area (Å²) in [6.07, 6.45) is 2.65. The first-order valence-electron chi connectivity index (χ1n) is 6.57. The van der Waals surface area contributed by atoms with Gasteiger partial charge < -0.3 is 10.4 Å². The number of nitrogens with one attached hydrogen (secondary N) is 1. The van der Waals surface area contributed by atoms with E-state index in [9.17, 15) is 9.90 Å². The van der Waals surface area contributed by atoms with Crippen molar-refractivity contribution in [2.75, 3.05) is 6.54 Å². The minimum atomic E-state index is -0.651. The molecule has 18 heavy (non-hydrogen) atoms. The number of aliphatic hydroxyl groups is 1. The van der Waals surface area contributed by atoms with Gasteiger partial charge in [0, 0.05) is 6.54 Å². The molecule has 2 N–H and O–H groups in total. The van der Waals surface area contributed by atoms with Gasteiger partial charge in [0.2, 0.25) is 5.91 Å². The molecule has 3 nitrogen and oxygen atoms in total. The molecule has 1 aromatic rings. The second-order valence-corrected chi connectivity index (χ2v) is 5.43. The van der Waals surface area contributed by atoms with E-state index >= 15 is 0 Å². The molecule has 0 bridgehead atoms. The molecular formula is C15H21NO2. The zero-order valence-corrected chi connectivity index (χ0v) is 11.1. The van der Waals surface area contributed by atoms with Gasteiger partial charge in [-0.15, -0.1) is 0 Å². The first-order valence-corrected chi connectivity index (χ1v) is 6.57. The standard InChI is InChI=1S/C15H21NO2/c1-11-5-3-6-13(9-11)12(2)14(17)16-10-15(18)7-4-8-15/h3,5-6,9,12,18H,4,7-8,10H2,1-2H3,(H,16,17). The van der Waals surface area contributed by atoms with Crippen molar-refractivity contribution in [3.63, 3.8) is 0 Å². The number of carbonyl (C=O) groups excluding carboxylic acids is 1. The molecule has 98 valence electrons. The molecule has 1 unspecified atom stereocenters. The van der Waals surface area contributed by atoms with Gasteiger partial charge in [-0.2, -0.15) is 0 Å². The molecule has 0 heterocycles. The van der Waals surface area contributed by atoms with Crippen LogP contribution in [0.25, 0.3) is 0 Å². The van der Waals surface area contributed by atoms with Crippen molar-refractivity contribution in [1.82, 2.24) is 5.32 Å². The lowest BCUT2D eigenvalue weighted by atomic mass is 9.80. The summed E-state index contributed by atoms with van der Waals surface area (Å²) in [6.45, 7) is 4.29. The van der Waals surface area contributed by atoms with Crippen molar-refractivity contribution >= 4 is 5.91 Å². The zero-order valence-electron chi connectivity index (χ0n) is 11.1. The summed E-state index contributed by atoms with van der Waals surface area (Å²) in [5, 5.41) is 12.8. The van der Waals surface area contributed by atoms with Crippen LogP contribution in [-0.4, -0.2) is 23.2 Å². The molecular weight excluding hydrogens is 226 g/mol. The van der Waals surface area contributed by atoms with Crippen LogP contribution in [0, 0.1) is 6.92 Å². The largest absolute Gasteiger partial charge is 0.388 e. The van der Waals surface area contributed by atoms with Crippen LogP contribution in [0.4, 0.5) is 0 Å². The Labute approximate surface area is 108 Å². The van der Waals surface area contributed by atoms with Crippen LogP contribution in [-0.2, 0) is 4.79 Å². The van der Waals surface area contributed by atoms with Crippen molar-refractivity contribution in [2.45, 2.75) is 44.6 Å². The van der Waals surface area contributed by atoms with Crippen molar-refractivity contribution in [3.8, 4) is 0 Å². The maximum Gasteiger partial charge on any atom is 0.227 e. The normalized spacial score (nSPS) is 18.8. The van der Waals surface area contributed by atoms with E-state index in [4.69, 9.17) is 0 Å². The molecule has 1 aliphatic rings. The number of amides is 1. The van der Waals surface area contributed by atoms with Crippen LogP contribution in [0.5, 0.6) is 0 Å². The number of carbonyl (C=O) groups is 1. The molecule has 1 saturated carbocycles. The molecule has 1 aliphatic carbocycles. The Balaban J connectivity index is 1.92. The molecule has 0 radical (unpaired) electrons. The van der Waals surface area contributed by atoms with Crippen molar-refractivity contribution < 1.29 is 9.90 Å². The van der Waals surface area contributed by atoms with E-state index in [0.717, 1.165) is 30.4 Å². The predicted octanol–water partition coefficient (Wildman–Crippen LogP) is 2.13. The smallest absolute Gasteiger partial charge is 0.227 e. The minimum absolute atomic E-state index is 0.0130. The van der Waals surface area contributed by atoms with E-state index in [1.165, 1.54) is 0 Å². The molecule has 1 atom stereocenters. The maximum atomic E-state index is 12.0. The Morgan fingerprint density at radius 1 is 1.50 bits per heavy atom. The molecule has 1 amide bonds. The van der Waals surface area contributed by atoms with Gasteiger partial charge in [0.25, 0.3) is 0 Å². The fourth-order valence-corrected chi connectivity index (χ4v) is 2.26. The number of rotatable bonds is 4. The lowest BCUT2D eigenvalue weighted by Gasteiger charge is -2.36. The number of hydrogen-bond acceptors (Lipinski definition) is 2. The molecule has 3 heteroatoms. The van der Waals surface area contributed by atoms with Gasteiger partial charge in [-0.1, -0.05) is 29.8 Å². The molecule has 0 aliphatic heterocycles. The minimum Gasteiger partial charge on any atom is -0.388 e. The summed E-state index contributed by atoms with van der Waals surface area (Å²) in [5.74, 6) is -0.186. The van der Waals surface area contributed by atoms with E-state index in [0.29, 0.717) is 6.54 Å². The van der Waals surface area contributed by atoms with Gasteiger partial charge in [-0.3, -0.25) is 4.79 Å². The summed E-state index contributed by atoms with van der Waals surface area (Å²) in [4.78, 5) is 12.0. The highest BCUT2D eigenvalue weighted by atomic mass is 16.3. The maximum absolute atomic E-state index is 12.0. The summed E-state index contributed by atoms with van der Waals surface area (Å²) >= 11 is 0. The fraction of sp³-hybridized carbons (Fsp3) is 0.533. The highest BCUT2D eigenvalue weighted by Gasteiger charge is 2.34. The summed E-state index contributed by atoms with van der Waals surface area (Å²) in [7, 11) is 0. The van der Waals surface area contributed by atoms with Crippen molar-refractivity contribution in [3.05, 3.63) is 35.4 Å². The summed E-state index contributed by atoms with van der Waals surface area (Å²) in [5.41, 5.74) is 1.53. The SMILES string of the molecule is Cc1cccc(C(C)C(=O)NCC2(O)CCC2)c1. The average molecular weight is 247 g/mol. The quantitative estimate of drug-likeness (QED) is 0.856. The topological polar surface area (TPSA) is 49.3 Å². The first-order chi connectivity index (χ1) is 8.50. The van der Waals surface area contributed by atoms with Crippen molar-refractivity contribution in [1.29, 1.82) is 0 Å². The second kappa shape index (κ2) is 5.11. The van der Waals surface area contributed by atoms with Crippen LogP contribution in [0.3, 0.4) is 0 Å². The summed E-state index contributed by atoms with van der Waals surface area (Å²) in [6, 6.07) is 7.98. The van der Waals surface area contributed by atoms with Crippen LogP contribution in [0.15, 0.2) is 24.3 Å². The van der Waals surface area contributed by atoms with E-state index in [1.807, 2.05) is 38.1 Å². The van der Waals surface area contributed by atoms with Crippen LogP contribution in [0.1, 0.15) is 43.2 Å². The van der Waals surface area contributed by atoms with Crippen molar-refractivity contribution in [2.24, 2.45) is 0 Å². The Hall–Kier alpha value is -1.35. The Bertz CT molecular complexity index is 438. The van der Waals surface area contributed by atoms with Gasteiger partial charge in [-0.05, 0) is 38.7 Å². The number of aryl methyl sites for hydroxylation is 1. The third-order valence-corrected chi connectivity index (χ3v) is 3.81. The Morgan fingerprint density at radius 3 is 2.78 bits per heavy atom. The van der Waals surface area contributed by atoms with Crippen LogP contribution >= 0.6 is 0 Å². The molecule has 0 aromatic heterocycles. The lowest BCUT2D eigenvalue weighted by Crippen LogP contribution is -2.48.